The molecule has 0 aliphatic rings. The van der Waals surface area contributed by atoms with Crippen molar-refractivity contribution in [3.8, 4) is 0 Å². The summed E-state index contributed by atoms with van der Waals surface area (Å²) in [4.78, 5) is 12.2. The molecule has 0 aliphatic heterocycles. The largest absolute Gasteiger partial charge is 0.352 e. The zero-order valence-corrected chi connectivity index (χ0v) is 15.1. The third-order valence-electron chi connectivity index (χ3n) is 4.15. The maximum absolute atomic E-state index is 12.7. The fourth-order valence-electron chi connectivity index (χ4n) is 2.56. The number of hydrogen-bond donors (Lipinski definition) is 1. The van der Waals surface area contributed by atoms with Crippen LogP contribution in [0.2, 0.25) is 0 Å². The van der Waals surface area contributed by atoms with Gasteiger partial charge in [-0.05, 0) is 35.7 Å². The Morgan fingerprint density at radius 2 is 1.71 bits per heavy atom. The summed E-state index contributed by atoms with van der Waals surface area (Å²) in [5.74, 6) is -0.282. The average Bonchev–Trinajstić information content (AvgIpc) is 2.59. The van der Waals surface area contributed by atoms with E-state index in [4.69, 9.17) is 0 Å². The van der Waals surface area contributed by atoms with E-state index in [-0.39, 0.29) is 23.4 Å². The Hall–Kier alpha value is -1.92. The summed E-state index contributed by atoms with van der Waals surface area (Å²) < 4.78 is 26.5. The lowest BCUT2D eigenvalue weighted by molar-refractivity contribution is -0.121. The Morgan fingerprint density at radius 3 is 2.33 bits per heavy atom. The lowest BCUT2D eigenvalue weighted by atomic mass is 10.1. The van der Waals surface area contributed by atoms with Crippen molar-refractivity contribution >= 4 is 26.7 Å². The minimum absolute atomic E-state index is 0.0780. The summed E-state index contributed by atoms with van der Waals surface area (Å²) in [6.45, 7) is 3.79. The van der Waals surface area contributed by atoms with E-state index in [9.17, 15) is 13.2 Å². The van der Waals surface area contributed by atoms with Crippen LogP contribution in [0, 0.1) is 0 Å². The minimum Gasteiger partial charge on any atom is -0.352 e. The topological polar surface area (TPSA) is 66.5 Å². The predicted molar refractivity (Wildman–Crippen MR) is 96.3 cm³/mol. The molecule has 0 saturated heterocycles. The van der Waals surface area contributed by atoms with Crippen molar-refractivity contribution in [3.63, 3.8) is 0 Å². The smallest absolute Gasteiger partial charge is 0.243 e. The Morgan fingerprint density at radius 1 is 1.08 bits per heavy atom. The first-order chi connectivity index (χ1) is 11.4. The molecule has 0 aliphatic carbocycles. The van der Waals surface area contributed by atoms with Gasteiger partial charge in [0.15, 0.2) is 0 Å². The molecule has 0 saturated carbocycles. The van der Waals surface area contributed by atoms with Gasteiger partial charge in [-0.2, -0.15) is 4.31 Å². The number of rotatable bonds is 7. The molecule has 5 nitrogen and oxygen atoms in total. The SMILES string of the molecule is CCC(CC)NC(=O)CN(C)S(=O)(=O)c1ccc2ccccc2c1. The van der Waals surface area contributed by atoms with Gasteiger partial charge < -0.3 is 5.32 Å². The van der Waals surface area contributed by atoms with Crippen molar-refractivity contribution in [2.45, 2.75) is 37.6 Å². The number of nitrogens with zero attached hydrogens (tertiary/aromatic N) is 1. The molecular weight excluding hydrogens is 324 g/mol. The molecule has 0 spiro atoms. The third kappa shape index (κ3) is 4.13. The number of carbonyl (C=O) groups excluding carboxylic acids is 1. The highest BCUT2D eigenvalue weighted by molar-refractivity contribution is 7.89. The van der Waals surface area contributed by atoms with Gasteiger partial charge in [0.25, 0.3) is 0 Å². The van der Waals surface area contributed by atoms with Crippen LogP contribution in [0.1, 0.15) is 26.7 Å². The van der Waals surface area contributed by atoms with E-state index in [1.165, 1.54) is 7.05 Å². The van der Waals surface area contributed by atoms with Gasteiger partial charge in [0, 0.05) is 13.1 Å². The maximum atomic E-state index is 12.7. The summed E-state index contributed by atoms with van der Waals surface area (Å²) in [5, 5.41) is 4.69. The number of nitrogens with one attached hydrogen (secondary N) is 1. The third-order valence-corrected chi connectivity index (χ3v) is 5.95. The number of fused-ring (bicyclic) bond motifs is 1. The zero-order chi connectivity index (χ0) is 17.7. The van der Waals surface area contributed by atoms with Crippen LogP contribution < -0.4 is 5.32 Å². The molecule has 0 radical (unpaired) electrons. The number of sulfonamides is 1. The van der Waals surface area contributed by atoms with E-state index in [0.717, 1.165) is 27.9 Å². The second kappa shape index (κ2) is 7.77. The number of hydrogen-bond acceptors (Lipinski definition) is 3. The molecule has 0 unspecified atom stereocenters. The van der Waals surface area contributed by atoms with E-state index in [1.54, 1.807) is 18.2 Å². The molecule has 130 valence electrons. The number of likely N-dealkylation sites (N-methyl/N-ethyl adjacent to an activating group) is 1. The van der Waals surface area contributed by atoms with Crippen molar-refractivity contribution < 1.29 is 13.2 Å². The molecule has 0 atom stereocenters. The van der Waals surface area contributed by atoms with Gasteiger partial charge in [-0.3, -0.25) is 4.79 Å². The first-order valence-electron chi connectivity index (χ1n) is 8.13. The minimum atomic E-state index is -3.70. The van der Waals surface area contributed by atoms with Crippen LogP contribution in [-0.4, -0.2) is 38.3 Å². The van der Waals surface area contributed by atoms with Crippen LogP contribution in [0.3, 0.4) is 0 Å². The van der Waals surface area contributed by atoms with E-state index in [2.05, 4.69) is 5.32 Å². The van der Waals surface area contributed by atoms with Crippen molar-refractivity contribution in [2.24, 2.45) is 0 Å². The molecule has 1 amide bonds. The van der Waals surface area contributed by atoms with E-state index < -0.39 is 10.0 Å². The van der Waals surface area contributed by atoms with Crippen LogP contribution >= 0.6 is 0 Å². The molecule has 1 N–H and O–H groups in total. The molecule has 2 aromatic rings. The van der Waals surface area contributed by atoms with Gasteiger partial charge in [0.2, 0.25) is 15.9 Å². The molecular formula is C18H24N2O3S. The van der Waals surface area contributed by atoms with E-state index >= 15 is 0 Å². The van der Waals surface area contributed by atoms with Gasteiger partial charge >= 0.3 is 0 Å². The van der Waals surface area contributed by atoms with Crippen LogP contribution in [0.25, 0.3) is 10.8 Å². The summed E-state index contributed by atoms with van der Waals surface area (Å²) in [6.07, 6.45) is 1.65. The number of benzene rings is 2. The molecule has 2 aromatic carbocycles. The molecule has 2 rings (SSSR count). The van der Waals surface area contributed by atoms with Gasteiger partial charge in [-0.25, -0.2) is 8.42 Å². The highest BCUT2D eigenvalue weighted by Gasteiger charge is 2.23. The molecule has 0 aromatic heterocycles. The second-order valence-corrected chi connectivity index (χ2v) is 7.90. The standard InChI is InChI=1S/C18H24N2O3S/c1-4-16(5-2)19-18(21)13-20(3)24(22,23)17-11-10-14-8-6-7-9-15(14)12-17/h6-12,16H,4-5,13H2,1-3H3,(H,19,21). The second-order valence-electron chi connectivity index (χ2n) is 5.85. The van der Waals surface area contributed by atoms with Crippen molar-refractivity contribution in [3.05, 3.63) is 42.5 Å². The molecule has 0 fully saturated rings. The summed E-state index contributed by atoms with van der Waals surface area (Å²) in [6, 6.07) is 12.6. The molecule has 6 heteroatoms. The van der Waals surface area contributed by atoms with Gasteiger partial charge in [0.1, 0.15) is 0 Å². The Bertz CT molecular complexity index is 814. The normalized spacial score (nSPS) is 12.0. The highest BCUT2D eigenvalue weighted by atomic mass is 32.2. The van der Waals surface area contributed by atoms with Gasteiger partial charge in [-0.15, -0.1) is 0 Å². The van der Waals surface area contributed by atoms with Crippen molar-refractivity contribution in [1.29, 1.82) is 0 Å². The first-order valence-corrected chi connectivity index (χ1v) is 9.57. The van der Waals surface area contributed by atoms with E-state index in [0.29, 0.717) is 0 Å². The monoisotopic (exact) mass is 348 g/mol. The quantitative estimate of drug-likeness (QED) is 0.837. The van der Waals surface area contributed by atoms with Crippen molar-refractivity contribution in [2.75, 3.05) is 13.6 Å². The number of carbonyl (C=O) groups is 1. The Balaban J connectivity index is 2.17. The van der Waals surface area contributed by atoms with Crippen LogP contribution in [0.15, 0.2) is 47.4 Å². The number of amides is 1. The van der Waals surface area contributed by atoms with Crippen molar-refractivity contribution in [1.82, 2.24) is 9.62 Å². The fourth-order valence-corrected chi connectivity index (χ4v) is 3.72. The average molecular weight is 348 g/mol. The van der Waals surface area contributed by atoms with Gasteiger partial charge in [-0.1, -0.05) is 44.2 Å². The zero-order valence-electron chi connectivity index (χ0n) is 14.3. The van der Waals surface area contributed by atoms with Crippen LogP contribution in [0.4, 0.5) is 0 Å². The summed E-state index contributed by atoms with van der Waals surface area (Å²) >= 11 is 0. The molecule has 0 bridgehead atoms. The van der Waals surface area contributed by atoms with Crippen LogP contribution in [0.5, 0.6) is 0 Å². The summed E-state index contributed by atoms with van der Waals surface area (Å²) in [7, 11) is -2.27. The highest BCUT2D eigenvalue weighted by Crippen LogP contribution is 2.21. The van der Waals surface area contributed by atoms with E-state index in [1.807, 2.05) is 38.1 Å². The molecule has 24 heavy (non-hydrogen) atoms. The Labute approximate surface area is 143 Å². The van der Waals surface area contributed by atoms with Gasteiger partial charge in [0.05, 0.1) is 11.4 Å². The lowest BCUT2D eigenvalue weighted by Gasteiger charge is -2.20. The Kier molecular flexibility index (Phi) is 5.96. The maximum Gasteiger partial charge on any atom is 0.243 e. The predicted octanol–water partition coefficient (Wildman–Crippen LogP) is 2.77. The first kappa shape index (κ1) is 18.4. The fraction of sp³-hybridized carbons (Fsp3) is 0.389. The van der Waals surface area contributed by atoms with Crippen LogP contribution in [-0.2, 0) is 14.8 Å². The summed E-state index contributed by atoms with van der Waals surface area (Å²) in [5.41, 5.74) is 0. The molecule has 0 heterocycles. The lowest BCUT2D eigenvalue weighted by Crippen LogP contribution is -2.42.